The van der Waals surface area contributed by atoms with Gasteiger partial charge in [-0.1, -0.05) is 12.1 Å². The van der Waals surface area contributed by atoms with E-state index in [1.165, 1.54) is 0 Å². The number of rotatable bonds is 2. The number of hydrogen-bond donors (Lipinski definition) is 2. The van der Waals surface area contributed by atoms with Gasteiger partial charge in [0, 0.05) is 5.56 Å². The van der Waals surface area contributed by atoms with Crippen LogP contribution in [0.4, 0.5) is 11.6 Å². The van der Waals surface area contributed by atoms with E-state index in [1.54, 1.807) is 25.1 Å². The average molecular weight is 234 g/mol. The van der Waals surface area contributed by atoms with Gasteiger partial charge in [-0.3, -0.25) is 10.1 Å². The molecule has 0 aliphatic rings. The fourth-order valence-electron chi connectivity index (χ4n) is 1.57. The van der Waals surface area contributed by atoms with E-state index >= 15 is 0 Å². The highest BCUT2D eigenvalue weighted by Crippen LogP contribution is 2.31. The van der Waals surface area contributed by atoms with Crippen molar-refractivity contribution in [1.29, 1.82) is 0 Å². The van der Waals surface area contributed by atoms with Gasteiger partial charge >= 0.3 is 0 Å². The summed E-state index contributed by atoms with van der Waals surface area (Å²) in [6, 6.07) is 4.88. The molecular weight excluding hydrogens is 224 g/mol. The number of hydrogen-bond acceptors (Lipinski definition) is 6. The second kappa shape index (κ2) is 3.74. The number of nitro groups is 1. The van der Waals surface area contributed by atoms with E-state index in [-0.39, 0.29) is 17.5 Å². The SMILES string of the molecule is Cc1cccc(-c2nnc(N)n2N)c1[N+](=O)[O-]. The normalized spacial score (nSPS) is 10.4. The quantitative estimate of drug-likeness (QED) is 0.441. The lowest BCUT2D eigenvalue weighted by molar-refractivity contribution is -0.384. The fraction of sp³-hybridized carbons (Fsp3) is 0.111. The van der Waals surface area contributed by atoms with Gasteiger partial charge in [0.1, 0.15) is 0 Å². The Labute approximate surface area is 96.0 Å². The molecular formula is C9H10N6O2. The monoisotopic (exact) mass is 234 g/mol. The van der Waals surface area contributed by atoms with Gasteiger partial charge in [0.25, 0.3) is 5.69 Å². The van der Waals surface area contributed by atoms with Crippen LogP contribution in [0.25, 0.3) is 11.4 Å². The number of nitro benzene ring substituents is 1. The molecule has 8 heteroatoms. The molecule has 0 bridgehead atoms. The number of nitrogens with zero attached hydrogens (tertiary/aromatic N) is 4. The van der Waals surface area contributed by atoms with Crippen LogP contribution in [0.5, 0.6) is 0 Å². The lowest BCUT2D eigenvalue weighted by Gasteiger charge is -2.04. The van der Waals surface area contributed by atoms with Crippen LogP contribution in [0.3, 0.4) is 0 Å². The van der Waals surface area contributed by atoms with E-state index in [0.29, 0.717) is 11.1 Å². The van der Waals surface area contributed by atoms with Gasteiger partial charge in [0.05, 0.1) is 10.5 Å². The first-order valence-corrected chi connectivity index (χ1v) is 4.72. The van der Waals surface area contributed by atoms with Crippen LogP contribution in [0, 0.1) is 17.0 Å². The third-order valence-corrected chi connectivity index (χ3v) is 2.38. The van der Waals surface area contributed by atoms with Gasteiger partial charge < -0.3 is 11.6 Å². The van der Waals surface area contributed by atoms with E-state index in [0.717, 1.165) is 4.68 Å². The summed E-state index contributed by atoms with van der Waals surface area (Å²) in [5.74, 6) is 5.76. The van der Waals surface area contributed by atoms with Crippen molar-refractivity contribution in [1.82, 2.24) is 14.9 Å². The highest BCUT2D eigenvalue weighted by molar-refractivity contribution is 5.71. The molecule has 8 nitrogen and oxygen atoms in total. The molecule has 1 aromatic heterocycles. The molecule has 0 atom stereocenters. The molecule has 0 fully saturated rings. The zero-order chi connectivity index (χ0) is 12.6. The van der Waals surface area contributed by atoms with Crippen molar-refractivity contribution in [2.75, 3.05) is 11.6 Å². The van der Waals surface area contributed by atoms with Gasteiger partial charge in [0.15, 0.2) is 5.82 Å². The maximum absolute atomic E-state index is 11.0. The van der Waals surface area contributed by atoms with Crippen molar-refractivity contribution in [3.05, 3.63) is 33.9 Å². The predicted molar refractivity (Wildman–Crippen MR) is 61.4 cm³/mol. The third kappa shape index (κ3) is 1.65. The van der Waals surface area contributed by atoms with E-state index < -0.39 is 4.92 Å². The van der Waals surface area contributed by atoms with E-state index in [2.05, 4.69) is 10.2 Å². The van der Waals surface area contributed by atoms with Crippen LogP contribution < -0.4 is 11.6 Å². The molecule has 0 radical (unpaired) electrons. The standard InChI is InChI=1S/C9H10N6O2/c1-5-3-2-4-6(7(5)15(16)17)8-12-13-9(10)14(8)11/h2-4H,11H2,1H3,(H2,10,13). The number of aromatic nitrogens is 3. The number of anilines is 1. The topological polar surface area (TPSA) is 126 Å². The number of aryl methyl sites for hydroxylation is 1. The molecule has 17 heavy (non-hydrogen) atoms. The Balaban J connectivity index is 2.72. The van der Waals surface area contributed by atoms with Crippen molar-refractivity contribution in [2.45, 2.75) is 6.92 Å². The Morgan fingerprint density at radius 3 is 2.65 bits per heavy atom. The van der Waals surface area contributed by atoms with Crippen LogP contribution in [0.2, 0.25) is 0 Å². The van der Waals surface area contributed by atoms with Gasteiger partial charge in [-0.05, 0) is 13.0 Å². The summed E-state index contributed by atoms with van der Waals surface area (Å²) in [6.07, 6.45) is 0. The molecule has 88 valence electrons. The van der Waals surface area contributed by atoms with Crippen LogP contribution >= 0.6 is 0 Å². The maximum atomic E-state index is 11.0. The van der Waals surface area contributed by atoms with Gasteiger partial charge in [-0.15, -0.1) is 10.2 Å². The molecule has 1 heterocycles. The molecule has 0 aliphatic carbocycles. The molecule has 2 rings (SSSR count). The Bertz CT molecular complexity index is 591. The van der Waals surface area contributed by atoms with Crippen LogP contribution in [0.15, 0.2) is 18.2 Å². The fourth-order valence-corrected chi connectivity index (χ4v) is 1.57. The van der Waals surface area contributed by atoms with Crippen molar-refractivity contribution in [3.63, 3.8) is 0 Å². The molecule has 0 aliphatic heterocycles. The van der Waals surface area contributed by atoms with Gasteiger partial charge in [-0.2, -0.15) is 0 Å². The van der Waals surface area contributed by atoms with Crippen LogP contribution in [0.1, 0.15) is 5.56 Å². The summed E-state index contributed by atoms with van der Waals surface area (Å²) < 4.78 is 1.02. The Morgan fingerprint density at radius 2 is 2.12 bits per heavy atom. The van der Waals surface area contributed by atoms with Crippen LogP contribution in [-0.2, 0) is 0 Å². The molecule has 2 aromatic rings. The number of nitrogen functional groups attached to an aromatic ring is 2. The molecule has 0 saturated heterocycles. The Kier molecular flexibility index (Phi) is 2.39. The van der Waals surface area contributed by atoms with Crippen molar-refractivity contribution < 1.29 is 4.92 Å². The minimum Gasteiger partial charge on any atom is -0.366 e. The zero-order valence-corrected chi connectivity index (χ0v) is 8.99. The summed E-state index contributed by atoms with van der Waals surface area (Å²) in [4.78, 5) is 10.5. The molecule has 0 unspecified atom stereocenters. The first-order chi connectivity index (χ1) is 8.02. The summed E-state index contributed by atoms with van der Waals surface area (Å²) >= 11 is 0. The highest BCUT2D eigenvalue weighted by Gasteiger charge is 2.22. The maximum Gasteiger partial charge on any atom is 0.283 e. The minimum atomic E-state index is -0.477. The average Bonchev–Trinajstić information content (AvgIpc) is 2.59. The van der Waals surface area contributed by atoms with Crippen molar-refractivity contribution in [3.8, 4) is 11.4 Å². The van der Waals surface area contributed by atoms with Crippen molar-refractivity contribution in [2.24, 2.45) is 0 Å². The molecule has 0 spiro atoms. The molecule has 0 saturated carbocycles. The first-order valence-electron chi connectivity index (χ1n) is 4.72. The third-order valence-electron chi connectivity index (χ3n) is 2.38. The van der Waals surface area contributed by atoms with Gasteiger partial charge in [-0.25, -0.2) is 4.68 Å². The minimum absolute atomic E-state index is 0.00389. The predicted octanol–water partition coefficient (Wildman–Crippen LogP) is 0.458. The molecule has 0 amide bonds. The largest absolute Gasteiger partial charge is 0.366 e. The van der Waals surface area contributed by atoms with E-state index in [9.17, 15) is 10.1 Å². The Hall–Kier alpha value is -2.64. The number of para-hydroxylation sites is 1. The summed E-state index contributed by atoms with van der Waals surface area (Å²) in [6.45, 7) is 1.64. The summed E-state index contributed by atoms with van der Waals surface area (Å²) in [7, 11) is 0. The molecule has 1 aromatic carbocycles. The number of nitrogens with two attached hydrogens (primary N) is 2. The van der Waals surface area contributed by atoms with Crippen molar-refractivity contribution >= 4 is 11.6 Å². The zero-order valence-electron chi connectivity index (χ0n) is 8.99. The van der Waals surface area contributed by atoms with E-state index in [4.69, 9.17) is 11.6 Å². The lowest BCUT2D eigenvalue weighted by atomic mass is 10.1. The smallest absolute Gasteiger partial charge is 0.283 e. The van der Waals surface area contributed by atoms with Crippen LogP contribution in [-0.4, -0.2) is 19.8 Å². The summed E-state index contributed by atoms with van der Waals surface area (Å²) in [5.41, 5.74) is 6.20. The van der Waals surface area contributed by atoms with E-state index in [1.807, 2.05) is 0 Å². The highest BCUT2D eigenvalue weighted by atomic mass is 16.6. The second-order valence-corrected chi connectivity index (χ2v) is 3.48. The lowest BCUT2D eigenvalue weighted by Crippen LogP contribution is -2.14. The van der Waals surface area contributed by atoms with Gasteiger partial charge in [0.2, 0.25) is 5.95 Å². The Morgan fingerprint density at radius 1 is 1.41 bits per heavy atom. The second-order valence-electron chi connectivity index (χ2n) is 3.48. The molecule has 4 N–H and O–H groups in total. The first kappa shape index (κ1) is 10.9. The summed E-state index contributed by atoms with van der Waals surface area (Å²) in [5, 5.41) is 18.3. The number of benzene rings is 1.